The molecule has 0 aliphatic rings. The lowest BCUT2D eigenvalue weighted by Gasteiger charge is -2.34. The molecule has 116 valence electrons. The van der Waals surface area contributed by atoms with Gasteiger partial charge >= 0.3 is 0 Å². The van der Waals surface area contributed by atoms with Crippen LogP contribution in [0.15, 0.2) is 12.3 Å². The Labute approximate surface area is 123 Å². The summed E-state index contributed by atoms with van der Waals surface area (Å²) in [5.41, 5.74) is 7.45. The van der Waals surface area contributed by atoms with Crippen LogP contribution in [0.3, 0.4) is 0 Å². The summed E-state index contributed by atoms with van der Waals surface area (Å²) in [7, 11) is 0. The molecule has 0 aliphatic carbocycles. The summed E-state index contributed by atoms with van der Waals surface area (Å²) in [5, 5.41) is 4.63. The van der Waals surface area contributed by atoms with Crippen LogP contribution < -0.4 is 5.73 Å². The summed E-state index contributed by atoms with van der Waals surface area (Å²) in [6.07, 6.45) is 3.92. The van der Waals surface area contributed by atoms with Crippen molar-refractivity contribution >= 4 is 0 Å². The first kappa shape index (κ1) is 17.2. The van der Waals surface area contributed by atoms with Gasteiger partial charge < -0.3 is 10.5 Å². The van der Waals surface area contributed by atoms with E-state index in [1.165, 1.54) is 0 Å². The molecule has 3 atom stereocenters. The number of hydrogen-bond acceptors (Lipinski definition) is 3. The van der Waals surface area contributed by atoms with E-state index < -0.39 is 0 Å². The van der Waals surface area contributed by atoms with Crippen LogP contribution in [0.5, 0.6) is 0 Å². The van der Waals surface area contributed by atoms with E-state index in [0.717, 1.165) is 18.5 Å². The Morgan fingerprint density at radius 3 is 2.50 bits per heavy atom. The molecular weight excluding hydrogens is 250 g/mol. The normalized spacial score (nSPS) is 16.9. The zero-order valence-electron chi connectivity index (χ0n) is 13.9. The summed E-state index contributed by atoms with van der Waals surface area (Å²) < 4.78 is 7.88. The zero-order chi connectivity index (χ0) is 15.3. The van der Waals surface area contributed by atoms with Gasteiger partial charge in [-0.3, -0.25) is 4.68 Å². The second-order valence-corrected chi connectivity index (χ2v) is 6.65. The molecule has 1 rings (SSSR count). The Morgan fingerprint density at radius 2 is 2.00 bits per heavy atom. The first-order chi connectivity index (χ1) is 9.29. The van der Waals surface area contributed by atoms with Gasteiger partial charge in [0.05, 0.1) is 11.8 Å². The molecule has 3 unspecified atom stereocenters. The lowest BCUT2D eigenvalue weighted by atomic mass is 9.83. The molecule has 0 bridgehead atoms. The molecule has 0 aliphatic heterocycles. The van der Waals surface area contributed by atoms with Gasteiger partial charge in [0.15, 0.2) is 0 Å². The smallest absolute Gasteiger partial charge is 0.0777 e. The van der Waals surface area contributed by atoms with Crippen molar-refractivity contribution in [3.8, 4) is 0 Å². The van der Waals surface area contributed by atoms with Crippen molar-refractivity contribution in [1.82, 2.24) is 9.78 Å². The first-order valence-corrected chi connectivity index (χ1v) is 7.70. The van der Waals surface area contributed by atoms with Gasteiger partial charge in [0.25, 0.3) is 0 Å². The highest BCUT2D eigenvalue weighted by Crippen LogP contribution is 2.25. The maximum Gasteiger partial charge on any atom is 0.0777 e. The first-order valence-electron chi connectivity index (χ1n) is 7.70. The Kier molecular flexibility index (Phi) is 6.21. The van der Waals surface area contributed by atoms with E-state index in [2.05, 4.69) is 45.8 Å². The van der Waals surface area contributed by atoms with Crippen LogP contribution in [0.2, 0.25) is 0 Å². The SMILES string of the molecule is CCOC(C(N)Cc1ccn(C(C)CC)n1)C(C)(C)C. The van der Waals surface area contributed by atoms with Crippen molar-refractivity contribution in [2.45, 2.75) is 72.6 Å². The van der Waals surface area contributed by atoms with Crippen molar-refractivity contribution in [1.29, 1.82) is 0 Å². The highest BCUT2D eigenvalue weighted by Gasteiger charge is 2.31. The molecule has 4 heteroatoms. The molecule has 0 aromatic carbocycles. The van der Waals surface area contributed by atoms with Crippen LogP contribution in [0.1, 0.15) is 59.7 Å². The van der Waals surface area contributed by atoms with Crippen molar-refractivity contribution in [2.24, 2.45) is 11.1 Å². The minimum Gasteiger partial charge on any atom is -0.376 e. The summed E-state index contributed by atoms with van der Waals surface area (Å²) in [4.78, 5) is 0. The third-order valence-electron chi connectivity index (χ3n) is 3.74. The predicted molar refractivity (Wildman–Crippen MR) is 83.8 cm³/mol. The van der Waals surface area contributed by atoms with Crippen LogP contribution in [0.4, 0.5) is 0 Å². The highest BCUT2D eigenvalue weighted by molar-refractivity contribution is 5.04. The van der Waals surface area contributed by atoms with Crippen molar-refractivity contribution in [2.75, 3.05) is 6.61 Å². The van der Waals surface area contributed by atoms with Gasteiger partial charge in [0.1, 0.15) is 0 Å². The summed E-state index contributed by atoms with van der Waals surface area (Å²) >= 11 is 0. The molecule has 4 nitrogen and oxygen atoms in total. The minimum atomic E-state index is -0.0322. The van der Waals surface area contributed by atoms with Crippen LogP contribution >= 0.6 is 0 Å². The van der Waals surface area contributed by atoms with Crippen molar-refractivity contribution in [3.05, 3.63) is 18.0 Å². The van der Waals surface area contributed by atoms with Gasteiger partial charge in [-0.15, -0.1) is 0 Å². The number of rotatable bonds is 7. The average Bonchev–Trinajstić information content (AvgIpc) is 2.81. The van der Waals surface area contributed by atoms with Crippen molar-refractivity contribution in [3.63, 3.8) is 0 Å². The topological polar surface area (TPSA) is 53.1 Å². The monoisotopic (exact) mass is 281 g/mol. The fraction of sp³-hybridized carbons (Fsp3) is 0.812. The number of hydrogen-bond donors (Lipinski definition) is 1. The Hall–Kier alpha value is -0.870. The molecule has 1 aromatic heterocycles. The van der Waals surface area contributed by atoms with E-state index in [1.54, 1.807) is 0 Å². The lowest BCUT2D eigenvalue weighted by Crippen LogP contribution is -2.46. The molecule has 2 N–H and O–H groups in total. The Morgan fingerprint density at radius 1 is 1.35 bits per heavy atom. The fourth-order valence-corrected chi connectivity index (χ4v) is 2.46. The average molecular weight is 281 g/mol. The molecule has 20 heavy (non-hydrogen) atoms. The molecule has 0 radical (unpaired) electrons. The second-order valence-electron chi connectivity index (χ2n) is 6.65. The van der Waals surface area contributed by atoms with E-state index in [4.69, 9.17) is 10.5 Å². The molecule has 1 heterocycles. The minimum absolute atomic E-state index is 0.0322. The Balaban J connectivity index is 2.73. The predicted octanol–water partition coefficient (Wildman–Crippen LogP) is 3.18. The third-order valence-corrected chi connectivity index (χ3v) is 3.74. The standard InChI is InChI=1S/C16H31N3O/c1-7-12(3)19-10-9-13(18-19)11-14(17)15(20-8-2)16(4,5)6/h9-10,12,14-15H,7-8,11,17H2,1-6H3. The van der Waals surface area contributed by atoms with E-state index in [9.17, 15) is 0 Å². The van der Waals surface area contributed by atoms with Crippen LogP contribution in [-0.2, 0) is 11.2 Å². The number of nitrogens with two attached hydrogens (primary N) is 1. The van der Waals surface area contributed by atoms with Gasteiger partial charge in [-0.1, -0.05) is 27.7 Å². The van der Waals surface area contributed by atoms with Gasteiger partial charge in [-0.25, -0.2) is 0 Å². The van der Waals surface area contributed by atoms with Gasteiger partial charge in [0, 0.05) is 31.3 Å². The molecule has 0 saturated heterocycles. The second kappa shape index (κ2) is 7.23. The molecule has 0 spiro atoms. The van der Waals surface area contributed by atoms with E-state index in [0.29, 0.717) is 12.6 Å². The highest BCUT2D eigenvalue weighted by atomic mass is 16.5. The van der Waals surface area contributed by atoms with E-state index >= 15 is 0 Å². The van der Waals surface area contributed by atoms with Crippen LogP contribution in [-0.4, -0.2) is 28.5 Å². The molecule has 0 amide bonds. The lowest BCUT2D eigenvalue weighted by molar-refractivity contribution is -0.0276. The van der Waals surface area contributed by atoms with E-state index in [1.807, 2.05) is 17.8 Å². The third kappa shape index (κ3) is 4.60. The fourth-order valence-electron chi connectivity index (χ4n) is 2.46. The summed E-state index contributed by atoms with van der Waals surface area (Å²) in [5.74, 6) is 0. The van der Waals surface area contributed by atoms with Crippen LogP contribution in [0, 0.1) is 5.41 Å². The van der Waals surface area contributed by atoms with Gasteiger partial charge in [0.2, 0.25) is 0 Å². The zero-order valence-corrected chi connectivity index (χ0v) is 13.9. The molecular formula is C16H31N3O. The number of ether oxygens (including phenoxy) is 1. The maximum absolute atomic E-state index is 6.37. The molecule has 0 saturated carbocycles. The number of aromatic nitrogens is 2. The van der Waals surface area contributed by atoms with Gasteiger partial charge in [-0.05, 0) is 31.7 Å². The number of nitrogens with zero attached hydrogens (tertiary/aromatic N) is 2. The maximum atomic E-state index is 6.37. The Bertz CT molecular complexity index is 395. The molecule has 1 aromatic rings. The largest absolute Gasteiger partial charge is 0.376 e. The van der Waals surface area contributed by atoms with E-state index in [-0.39, 0.29) is 17.6 Å². The van der Waals surface area contributed by atoms with Gasteiger partial charge in [-0.2, -0.15) is 5.10 Å². The molecule has 0 fully saturated rings. The summed E-state index contributed by atoms with van der Waals surface area (Å²) in [6.45, 7) is 13.6. The van der Waals surface area contributed by atoms with Crippen LogP contribution in [0.25, 0.3) is 0 Å². The summed E-state index contributed by atoms with van der Waals surface area (Å²) in [6, 6.07) is 2.47. The quantitative estimate of drug-likeness (QED) is 0.835. The van der Waals surface area contributed by atoms with Crippen molar-refractivity contribution < 1.29 is 4.74 Å².